The van der Waals surface area contributed by atoms with Crippen molar-refractivity contribution in [3.05, 3.63) is 18.4 Å². The van der Waals surface area contributed by atoms with Crippen LogP contribution in [0.1, 0.15) is 12.8 Å². The number of carboxylic acid groups (broad SMARTS) is 1. The van der Waals surface area contributed by atoms with Crippen LogP contribution in [0.4, 0.5) is 0 Å². The van der Waals surface area contributed by atoms with Crippen LogP contribution in [-0.2, 0) is 4.79 Å². The molecule has 0 aliphatic carbocycles. The van der Waals surface area contributed by atoms with E-state index in [9.17, 15) is 4.79 Å². The summed E-state index contributed by atoms with van der Waals surface area (Å²) in [6.45, 7) is 0.858. The largest absolute Gasteiger partial charge is 0.481 e. The van der Waals surface area contributed by atoms with Crippen LogP contribution < -0.4 is 5.32 Å². The molecule has 0 spiro atoms. The third-order valence-corrected chi connectivity index (χ3v) is 1.86. The van der Waals surface area contributed by atoms with Crippen LogP contribution in [0.15, 0.2) is 22.8 Å². The molecule has 2 heterocycles. The maximum atomic E-state index is 10.1. The molecule has 1 aliphatic heterocycles. The quantitative estimate of drug-likeness (QED) is 0.623. The van der Waals surface area contributed by atoms with E-state index in [1.165, 1.54) is 12.3 Å². The molecule has 1 fully saturated rings. The molecular weight excluding hydrogens is 186 g/mol. The smallest absolute Gasteiger partial charge is 0.320 e. The second kappa shape index (κ2) is 5.29. The summed E-state index contributed by atoms with van der Waals surface area (Å²) in [6, 6.07) is 2.82. The number of rotatable bonds is 1. The molecule has 5 nitrogen and oxygen atoms in total. The van der Waals surface area contributed by atoms with Crippen molar-refractivity contribution in [2.24, 2.45) is 0 Å². The molecule has 0 unspecified atom stereocenters. The summed E-state index contributed by atoms with van der Waals surface area (Å²) in [4.78, 5) is 10.1. The summed E-state index contributed by atoms with van der Waals surface area (Å²) < 4.78 is 4.39. The predicted octanol–water partition coefficient (Wildman–Crippen LogP) is 0.808. The standard InChI is InChI=1S/C5H9NO2.C4H4O2/c7-5(8)4-2-1-3-6-4;5-4-2-1-3-6-4/h4,6H,1-3H2,(H,7,8);1-3,5H/t4-;/m0./s1. The second-order valence-corrected chi connectivity index (χ2v) is 2.94. The molecule has 0 aromatic carbocycles. The number of carboxylic acids is 1. The number of nitrogens with one attached hydrogen (secondary N) is 1. The van der Waals surface area contributed by atoms with Gasteiger partial charge >= 0.3 is 5.97 Å². The van der Waals surface area contributed by atoms with Gasteiger partial charge in [0, 0.05) is 6.07 Å². The molecule has 0 saturated carbocycles. The minimum absolute atomic E-state index is 0.0324. The molecule has 0 amide bonds. The Morgan fingerprint density at radius 2 is 2.43 bits per heavy atom. The van der Waals surface area contributed by atoms with Crippen molar-refractivity contribution in [1.29, 1.82) is 0 Å². The van der Waals surface area contributed by atoms with E-state index >= 15 is 0 Å². The first-order valence-electron chi connectivity index (χ1n) is 4.39. The second-order valence-electron chi connectivity index (χ2n) is 2.94. The highest BCUT2D eigenvalue weighted by molar-refractivity contribution is 5.73. The van der Waals surface area contributed by atoms with Crippen LogP contribution in [0, 0.1) is 0 Å². The highest BCUT2D eigenvalue weighted by Crippen LogP contribution is 2.04. The van der Waals surface area contributed by atoms with E-state index in [0.717, 1.165) is 19.4 Å². The Hall–Kier alpha value is -1.49. The molecule has 0 bridgehead atoms. The van der Waals surface area contributed by atoms with Gasteiger partial charge in [-0.1, -0.05) is 0 Å². The van der Waals surface area contributed by atoms with Crippen LogP contribution in [0.25, 0.3) is 0 Å². The SMILES string of the molecule is O=C(O)[C@@H]1CCCN1.Oc1ccco1. The first kappa shape index (κ1) is 10.6. The van der Waals surface area contributed by atoms with E-state index < -0.39 is 5.97 Å². The average Bonchev–Trinajstić information content (AvgIpc) is 2.75. The average molecular weight is 199 g/mol. The van der Waals surface area contributed by atoms with E-state index in [1.54, 1.807) is 6.07 Å². The molecule has 1 saturated heterocycles. The fraction of sp³-hybridized carbons (Fsp3) is 0.444. The molecule has 1 aromatic rings. The van der Waals surface area contributed by atoms with E-state index in [-0.39, 0.29) is 12.0 Å². The Bertz CT molecular complexity index is 264. The monoisotopic (exact) mass is 199 g/mol. The molecule has 78 valence electrons. The van der Waals surface area contributed by atoms with Gasteiger partial charge in [-0.2, -0.15) is 0 Å². The van der Waals surface area contributed by atoms with E-state index in [1.807, 2.05) is 0 Å². The zero-order chi connectivity index (χ0) is 10.4. The van der Waals surface area contributed by atoms with Crippen LogP contribution in [0.2, 0.25) is 0 Å². The van der Waals surface area contributed by atoms with Gasteiger partial charge < -0.3 is 19.9 Å². The van der Waals surface area contributed by atoms with Gasteiger partial charge in [-0.15, -0.1) is 0 Å². The third kappa shape index (κ3) is 3.49. The van der Waals surface area contributed by atoms with Crippen LogP contribution >= 0.6 is 0 Å². The summed E-state index contributed by atoms with van der Waals surface area (Å²) >= 11 is 0. The van der Waals surface area contributed by atoms with Crippen molar-refractivity contribution in [3.63, 3.8) is 0 Å². The summed E-state index contributed by atoms with van der Waals surface area (Å²) in [6.07, 6.45) is 3.20. The predicted molar refractivity (Wildman–Crippen MR) is 49.0 cm³/mol. The maximum absolute atomic E-state index is 10.1. The Balaban J connectivity index is 0.000000146. The number of hydrogen-bond acceptors (Lipinski definition) is 4. The molecule has 2 rings (SSSR count). The fourth-order valence-corrected chi connectivity index (χ4v) is 1.17. The minimum atomic E-state index is -0.720. The first-order chi connectivity index (χ1) is 6.70. The summed E-state index contributed by atoms with van der Waals surface area (Å²) in [7, 11) is 0. The lowest BCUT2D eigenvalue weighted by Crippen LogP contribution is -2.29. The van der Waals surface area contributed by atoms with Gasteiger partial charge in [0.15, 0.2) is 0 Å². The zero-order valence-electron chi connectivity index (χ0n) is 7.64. The number of aromatic hydroxyl groups is 1. The van der Waals surface area contributed by atoms with Gasteiger partial charge in [-0.25, -0.2) is 0 Å². The van der Waals surface area contributed by atoms with Crippen molar-refractivity contribution in [1.82, 2.24) is 5.32 Å². The molecule has 3 N–H and O–H groups in total. The van der Waals surface area contributed by atoms with Crippen molar-refractivity contribution >= 4 is 5.97 Å². The van der Waals surface area contributed by atoms with E-state index in [2.05, 4.69) is 9.73 Å². The van der Waals surface area contributed by atoms with Crippen LogP contribution in [0.5, 0.6) is 5.95 Å². The van der Waals surface area contributed by atoms with Crippen molar-refractivity contribution < 1.29 is 19.4 Å². The Morgan fingerprint density at radius 3 is 2.64 bits per heavy atom. The summed E-state index contributed by atoms with van der Waals surface area (Å²) in [5.41, 5.74) is 0. The molecule has 5 heteroatoms. The van der Waals surface area contributed by atoms with Crippen molar-refractivity contribution in [3.8, 4) is 5.95 Å². The Kier molecular flexibility index (Phi) is 4.00. The molecular formula is C9H13NO4. The van der Waals surface area contributed by atoms with E-state index in [4.69, 9.17) is 10.2 Å². The lowest BCUT2D eigenvalue weighted by atomic mass is 10.2. The number of hydrogen-bond donors (Lipinski definition) is 3. The van der Waals surface area contributed by atoms with Crippen molar-refractivity contribution in [2.45, 2.75) is 18.9 Å². The van der Waals surface area contributed by atoms with Crippen molar-refractivity contribution in [2.75, 3.05) is 6.54 Å². The van der Waals surface area contributed by atoms with Gasteiger partial charge in [0.25, 0.3) is 5.95 Å². The lowest BCUT2D eigenvalue weighted by molar-refractivity contribution is -0.139. The van der Waals surface area contributed by atoms with Gasteiger partial charge in [-0.05, 0) is 25.5 Å². The Morgan fingerprint density at radius 1 is 1.64 bits per heavy atom. The van der Waals surface area contributed by atoms with Gasteiger partial charge in [-0.3, -0.25) is 4.79 Å². The van der Waals surface area contributed by atoms with Crippen LogP contribution in [0.3, 0.4) is 0 Å². The normalized spacial score (nSPS) is 19.9. The van der Waals surface area contributed by atoms with Gasteiger partial charge in [0.05, 0.1) is 6.26 Å². The molecule has 1 aliphatic rings. The number of aliphatic carboxylic acids is 1. The molecule has 0 radical (unpaired) electrons. The summed E-state index contributed by atoms with van der Waals surface area (Å²) in [5.74, 6) is -0.752. The van der Waals surface area contributed by atoms with Gasteiger partial charge in [0.1, 0.15) is 6.04 Å². The molecule has 14 heavy (non-hydrogen) atoms. The van der Waals surface area contributed by atoms with Gasteiger partial charge in [0.2, 0.25) is 0 Å². The molecule has 1 atom stereocenters. The van der Waals surface area contributed by atoms with E-state index in [0.29, 0.717) is 0 Å². The lowest BCUT2D eigenvalue weighted by Gasteiger charge is -1.99. The maximum Gasteiger partial charge on any atom is 0.320 e. The number of carbonyl (C=O) groups is 1. The minimum Gasteiger partial charge on any atom is -0.481 e. The topological polar surface area (TPSA) is 82.7 Å². The third-order valence-electron chi connectivity index (χ3n) is 1.86. The first-order valence-corrected chi connectivity index (χ1v) is 4.39. The van der Waals surface area contributed by atoms with Crippen LogP contribution in [-0.4, -0.2) is 28.8 Å². The fourth-order valence-electron chi connectivity index (χ4n) is 1.17. The number of furan rings is 1. The zero-order valence-corrected chi connectivity index (χ0v) is 7.64. The highest BCUT2D eigenvalue weighted by Gasteiger charge is 2.20. The molecule has 1 aromatic heterocycles. The summed E-state index contributed by atoms with van der Waals surface area (Å²) in [5, 5.41) is 19.5. The Labute approximate surface area is 81.4 Å². The highest BCUT2D eigenvalue weighted by atomic mass is 16.5.